The third-order valence-electron chi connectivity index (χ3n) is 3.01. The Bertz CT molecular complexity index is 506. The van der Waals surface area contributed by atoms with Crippen molar-refractivity contribution in [2.24, 2.45) is 0 Å². The largest absolute Gasteiger partial charge is 0.444 e. The zero-order valence-electron chi connectivity index (χ0n) is 17.5. The number of rotatable bonds is 9. The molecule has 8 nitrogen and oxygen atoms in total. The summed E-state index contributed by atoms with van der Waals surface area (Å²) in [6.07, 6.45) is 1.43. The third kappa shape index (κ3) is 14.6. The van der Waals surface area contributed by atoms with Crippen LogP contribution in [0.3, 0.4) is 0 Å². The number of amides is 3. The lowest BCUT2D eigenvalue weighted by Crippen LogP contribution is -2.40. The van der Waals surface area contributed by atoms with Gasteiger partial charge in [-0.2, -0.15) is 0 Å². The van der Waals surface area contributed by atoms with Gasteiger partial charge in [0.15, 0.2) is 0 Å². The number of nitrogens with zero attached hydrogens (tertiary/aromatic N) is 1. The van der Waals surface area contributed by atoms with E-state index in [-0.39, 0.29) is 5.91 Å². The van der Waals surface area contributed by atoms with Crippen LogP contribution < -0.4 is 10.6 Å². The van der Waals surface area contributed by atoms with Gasteiger partial charge in [-0.25, -0.2) is 9.59 Å². The Kier molecular flexibility index (Phi) is 10.5. The van der Waals surface area contributed by atoms with Crippen molar-refractivity contribution in [3.05, 3.63) is 12.7 Å². The van der Waals surface area contributed by atoms with Gasteiger partial charge in [-0.1, -0.05) is 6.58 Å². The summed E-state index contributed by atoms with van der Waals surface area (Å²) in [7, 11) is 0. The first-order valence-corrected chi connectivity index (χ1v) is 9.19. The Balaban J connectivity index is 4.44. The molecule has 0 aliphatic heterocycles. The van der Waals surface area contributed by atoms with Crippen LogP contribution in [0.15, 0.2) is 12.7 Å². The van der Waals surface area contributed by atoms with Crippen molar-refractivity contribution in [3.8, 4) is 0 Å². The molecule has 0 aromatic carbocycles. The molecule has 156 valence electrons. The fraction of sp³-hybridized carbons (Fsp3) is 0.737. The van der Waals surface area contributed by atoms with E-state index in [4.69, 9.17) is 9.47 Å². The van der Waals surface area contributed by atoms with Gasteiger partial charge in [0, 0.05) is 26.2 Å². The van der Waals surface area contributed by atoms with Crippen LogP contribution >= 0.6 is 0 Å². The lowest BCUT2D eigenvalue weighted by Gasteiger charge is -2.27. The van der Waals surface area contributed by atoms with Gasteiger partial charge >= 0.3 is 12.2 Å². The number of hydrogen-bond donors (Lipinski definition) is 2. The lowest BCUT2D eigenvalue weighted by atomic mass is 10.2. The monoisotopic (exact) mass is 385 g/mol. The molecule has 0 fully saturated rings. The highest BCUT2D eigenvalue weighted by molar-refractivity contribution is 5.86. The summed E-state index contributed by atoms with van der Waals surface area (Å²) in [6.45, 7) is 15.8. The Morgan fingerprint density at radius 2 is 1.37 bits per heavy atom. The van der Waals surface area contributed by atoms with E-state index in [9.17, 15) is 14.4 Å². The number of carbonyl (C=O) groups is 3. The quantitative estimate of drug-likeness (QED) is 0.470. The Morgan fingerprint density at radius 1 is 0.889 bits per heavy atom. The van der Waals surface area contributed by atoms with Crippen LogP contribution in [-0.2, 0) is 14.3 Å². The average molecular weight is 386 g/mol. The average Bonchev–Trinajstić information content (AvgIpc) is 2.49. The highest BCUT2D eigenvalue weighted by Crippen LogP contribution is 2.11. The third-order valence-corrected chi connectivity index (χ3v) is 3.01. The smallest absolute Gasteiger partial charge is 0.410 e. The van der Waals surface area contributed by atoms with E-state index in [0.717, 1.165) is 0 Å². The second kappa shape index (κ2) is 11.5. The molecule has 0 saturated carbocycles. The standard InChI is InChI=1S/C19H35N3O5/c1-8-15(23)20-11-9-13-22(17(25)27-19(5,6)7)14-10-12-21-16(24)26-18(2,3)4/h8H,1,9-14H2,2-7H3,(H,20,23)(H,21,24). The molecule has 0 spiro atoms. The fourth-order valence-electron chi connectivity index (χ4n) is 1.95. The van der Waals surface area contributed by atoms with Crippen molar-refractivity contribution < 1.29 is 23.9 Å². The zero-order chi connectivity index (χ0) is 21.1. The molecule has 3 amide bonds. The normalized spacial score (nSPS) is 11.3. The molecule has 0 radical (unpaired) electrons. The fourth-order valence-corrected chi connectivity index (χ4v) is 1.95. The van der Waals surface area contributed by atoms with Crippen molar-refractivity contribution in [3.63, 3.8) is 0 Å². The zero-order valence-corrected chi connectivity index (χ0v) is 17.5. The van der Waals surface area contributed by atoms with Crippen LogP contribution in [0.4, 0.5) is 9.59 Å². The van der Waals surface area contributed by atoms with E-state index < -0.39 is 23.4 Å². The van der Waals surface area contributed by atoms with Gasteiger partial charge in [0.2, 0.25) is 5.91 Å². The number of carbonyl (C=O) groups excluding carboxylic acids is 3. The summed E-state index contributed by atoms with van der Waals surface area (Å²) < 4.78 is 10.6. The molecule has 0 bridgehead atoms. The predicted molar refractivity (Wildman–Crippen MR) is 104 cm³/mol. The van der Waals surface area contributed by atoms with Gasteiger partial charge in [0.05, 0.1) is 0 Å². The molecule has 27 heavy (non-hydrogen) atoms. The van der Waals surface area contributed by atoms with Crippen molar-refractivity contribution in [2.75, 3.05) is 26.2 Å². The number of hydrogen-bond acceptors (Lipinski definition) is 5. The van der Waals surface area contributed by atoms with Crippen LogP contribution in [0.2, 0.25) is 0 Å². The van der Waals surface area contributed by atoms with Crippen molar-refractivity contribution in [1.29, 1.82) is 0 Å². The second-order valence-electron chi connectivity index (χ2n) is 8.10. The van der Waals surface area contributed by atoms with Crippen LogP contribution in [0.5, 0.6) is 0 Å². The van der Waals surface area contributed by atoms with E-state index in [0.29, 0.717) is 39.0 Å². The van der Waals surface area contributed by atoms with E-state index in [1.54, 1.807) is 46.4 Å². The van der Waals surface area contributed by atoms with Gasteiger partial charge in [-0.3, -0.25) is 4.79 Å². The maximum Gasteiger partial charge on any atom is 0.410 e. The molecule has 0 rings (SSSR count). The molecular weight excluding hydrogens is 350 g/mol. The summed E-state index contributed by atoms with van der Waals surface area (Å²) in [5.74, 6) is -0.250. The molecule has 0 unspecified atom stereocenters. The lowest BCUT2D eigenvalue weighted by molar-refractivity contribution is -0.116. The maximum absolute atomic E-state index is 12.3. The SMILES string of the molecule is C=CC(=O)NCCCN(CCCNC(=O)OC(C)(C)C)C(=O)OC(C)(C)C. The van der Waals surface area contributed by atoms with Crippen molar-refractivity contribution in [2.45, 2.75) is 65.6 Å². The van der Waals surface area contributed by atoms with E-state index in [1.807, 2.05) is 0 Å². The first kappa shape index (κ1) is 24.8. The first-order chi connectivity index (χ1) is 12.3. The maximum atomic E-state index is 12.3. The number of alkyl carbamates (subject to hydrolysis) is 1. The van der Waals surface area contributed by atoms with Gasteiger partial charge in [-0.15, -0.1) is 0 Å². The van der Waals surface area contributed by atoms with Crippen molar-refractivity contribution in [1.82, 2.24) is 15.5 Å². The summed E-state index contributed by atoms with van der Waals surface area (Å²) in [5, 5.41) is 5.33. The van der Waals surface area contributed by atoms with Gasteiger partial charge in [0.25, 0.3) is 0 Å². The summed E-state index contributed by atoms with van der Waals surface area (Å²) in [4.78, 5) is 36.7. The molecule has 2 N–H and O–H groups in total. The van der Waals surface area contributed by atoms with E-state index in [1.165, 1.54) is 6.08 Å². The molecule has 0 aliphatic carbocycles. The van der Waals surface area contributed by atoms with Crippen LogP contribution in [0, 0.1) is 0 Å². The Morgan fingerprint density at radius 3 is 1.81 bits per heavy atom. The Labute approximate surface area is 162 Å². The molecule has 0 aromatic rings. The minimum atomic E-state index is -0.596. The minimum Gasteiger partial charge on any atom is -0.444 e. The molecule has 0 aromatic heterocycles. The molecule has 0 saturated heterocycles. The molecule has 8 heteroatoms. The molecule has 0 atom stereocenters. The summed E-state index contributed by atoms with van der Waals surface area (Å²) >= 11 is 0. The second-order valence-corrected chi connectivity index (χ2v) is 8.10. The predicted octanol–water partition coefficient (Wildman–Crippen LogP) is 2.83. The molecule has 0 heterocycles. The topological polar surface area (TPSA) is 97.0 Å². The molecular formula is C19H35N3O5. The number of ether oxygens (including phenoxy) is 2. The summed E-state index contributed by atoms with van der Waals surface area (Å²) in [6, 6.07) is 0. The van der Waals surface area contributed by atoms with E-state index in [2.05, 4.69) is 17.2 Å². The van der Waals surface area contributed by atoms with Crippen LogP contribution in [0.1, 0.15) is 54.4 Å². The highest BCUT2D eigenvalue weighted by Gasteiger charge is 2.22. The van der Waals surface area contributed by atoms with Crippen LogP contribution in [0.25, 0.3) is 0 Å². The van der Waals surface area contributed by atoms with Crippen LogP contribution in [-0.4, -0.2) is 60.4 Å². The van der Waals surface area contributed by atoms with Crippen molar-refractivity contribution >= 4 is 18.1 Å². The minimum absolute atomic E-state index is 0.250. The molecule has 0 aliphatic rings. The summed E-state index contributed by atoms with van der Waals surface area (Å²) in [5.41, 5.74) is -1.15. The number of nitrogens with one attached hydrogen (secondary N) is 2. The van der Waals surface area contributed by atoms with Gasteiger partial charge in [0.1, 0.15) is 11.2 Å². The Hall–Kier alpha value is -2.25. The van der Waals surface area contributed by atoms with E-state index >= 15 is 0 Å². The van der Waals surface area contributed by atoms with Gasteiger partial charge < -0.3 is 25.0 Å². The van der Waals surface area contributed by atoms with Gasteiger partial charge in [-0.05, 0) is 60.5 Å². The first-order valence-electron chi connectivity index (χ1n) is 9.19. The highest BCUT2D eigenvalue weighted by atomic mass is 16.6.